The minimum Gasteiger partial charge on any atom is -0.271 e. The van der Waals surface area contributed by atoms with Crippen LogP contribution in [0.1, 0.15) is 44.1 Å². The third-order valence-corrected chi connectivity index (χ3v) is 2.69. The van der Waals surface area contributed by atoms with E-state index in [1.54, 1.807) is 12.4 Å². The van der Waals surface area contributed by atoms with Gasteiger partial charge in [-0.25, -0.2) is 0 Å². The topological polar surface area (TPSA) is 63.8 Å². The standard InChI is InChI=1S/C11H20N4/c1-4-8(2)5-10(15-12)11-7-13-9(3)6-14-11/h6-8,10,15H,4-5,12H2,1-3H3. The molecule has 0 saturated carbocycles. The first-order valence-corrected chi connectivity index (χ1v) is 5.42. The number of hydrazine groups is 1. The van der Waals surface area contributed by atoms with Gasteiger partial charge in [-0.2, -0.15) is 0 Å². The van der Waals surface area contributed by atoms with Gasteiger partial charge in [-0.3, -0.25) is 21.2 Å². The maximum atomic E-state index is 5.53. The van der Waals surface area contributed by atoms with E-state index in [1.165, 1.54) is 0 Å². The average Bonchev–Trinajstić information content (AvgIpc) is 2.27. The van der Waals surface area contributed by atoms with Crippen molar-refractivity contribution in [3.05, 3.63) is 23.8 Å². The van der Waals surface area contributed by atoms with Gasteiger partial charge in [-0.1, -0.05) is 20.3 Å². The monoisotopic (exact) mass is 208 g/mol. The van der Waals surface area contributed by atoms with Gasteiger partial charge in [0.25, 0.3) is 0 Å². The van der Waals surface area contributed by atoms with E-state index in [9.17, 15) is 0 Å². The van der Waals surface area contributed by atoms with E-state index in [2.05, 4.69) is 29.2 Å². The smallest absolute Gasteiger partial charge is 0.0769 e. The second kappa shape index (κ2) is 5.78. The Morgan fingerprint density at radius 3 is 2.60 bits per heavy atom. The molecule has 3 N–H and O–H groups in total. The van der Waals surface area contributed by atoms with Crippen LogP contribution in [0.5, 0.6) is 0 Å². The highest BCUT2D eigenvalue weighted by Gasteiger charge is 2.14. The van der Waals surface area contributed by atoms with Crippen molar-refractivity contribution in [1.82, 2.24) is 15.4 Å². The Bertz CT molecular complexity index is 283. The molecule has 0 saturated heterocycles. The molecule has 1 aromatic rings. The number of rotatable bonds is 5. The van der Waals surface area contributed by atoms with Gasteiger partial charge in [0.2, 0.25) is 0 Å². The summed E-state index contributed by atoms with van der Waals surface area (Å²) in [7, 11) is 0. The van der Waals surface area contributed by atoms with Gasteiger partial charge in [-0.15, -0.1) is 0 Å². The molecule has 0 bridgehead atoms. The largest absolute Gasteiger partial charge is 0.271 e. The number of nitrogens with two attached hydrogens (primary N) is 1. The molecule has 1 aromatic heterocycles. The van der Waals surface area contributed by atoms with Crippen molar-refractivity contribution >= 4 is 0 Å². The van der Waals surface area contributed by atoms with Crippen molar-refractivity contribution < 1.29 is 0 Å². The molecule has 0 aliphatic carbocycles. The number of aryl methyl sites for hydroxylation is 1. The van der Waals surface area contributed by atoms with E-state index in [0.717, 1.165) is 24.2 Å². The zero-order valence-corrected chi connectivity index (χ0v) is 9.70. The van der Waals surface area contributed by atoms with E-state index in [0.29, 0.717) is 5.92 Å². The Morgan fingerprint density at radius 2 is 2.13 bits per heavy atom. The predicted octanol–water partition coefficient (Wildman–Crippen LogP) is 1.73. The maximum absolute atomic E-state index is 5.53. The lowest BCUT2D eigenvalue weighted by Crippen LogP contribution is -2.30. The Balaban J connectivity index is 2.69. The molecule has 2 atom stereocenters. The van der Waals surface area contributed by atoms with Crippen LogP contribution in [0, 0.1) is 12.8 Å². The molecular formula is C11H20N4. The Morgan fingerprint density at radius 1 is 1.40 bits per heavy atom. The number of nitrogens with zero attached hydrogens (tertiary/aromatic N) is 2. The van der Waals surface area contributed by atoms with Crippen molar-refractivity contribution in [2.75, 3.05) is 0 Å². The molecular weight excluding hydrogens is 188 g/mol. The van der Waals surface area contributed by atoms with Gasteiger partial charge in [0.15, 0.2) is 0 Å². The summed E-state index contributed by atoms with van der Waals surface area (Å²) in [6.07, 6.45) is 5.71. The summed E-state index contributed by atoms with van der Waals surface area (Å²) in [5.74, 6) is 6.16. The van der Waals surface area contributed by atoms with Crippen LogP contribution < -0.4 is 11.3 Å². The number of hydrogen-bond donors (Lipinski definition) is 2. The second-order valence-corrected chi connectivity index (χ2v) is 4.05. The summed E-state index contributed by atoms with van der Waals surface area (Å²) >= 11 is 0. The van der Waals surface area contributed by atoms with Crippen LogP contribution in [0.25, 0.3) is 0 Å². The van der Waals surface area contributed by atoms with Crippen LogP contribution in [-0.2, 0) is 0 Å². The Kier molecular flexibility index (Phi) is 4.65. The summed E-state index contributed by atoms with van der Waals surface area (Å²) in [4.78, 5) is 8.55. The highest BCUT2D eigenvalue weighted by molar-refractivity contribution is 5.05. The lowest BCUT2D eigenvalue weighted by atomic mass is 9.98. The van der Waals surface area contributed by atoms with Gasteiger partial charge < -0.3 is 0 Å². The molecule has 1 heterocycles. The molecule has 2 unspecified atom stereocenters. The van der Waals surface area contributed by atoms with Crippen molar-refractivity contribution in [1.29, 1.82) is 0 Å². The minimum atomic E-state index is 0.105. The van der Waals surface area contributed by atoms with Gasteiger partial charge in [0.05, 0.1) is 23.6 Å². The number of hydrogen-bond acceptors (Lipinski definition) is 4. The average molecular weight is 208 g/mol. The Hall–Kier alpha value is -1.00. The van der Waals surface area contributed by atoms with Gasteiger partial charge >= 0.3 is 0 Å². The zero-order valence-electron chi connectivity index (χ0n) is 9.70. The molecule has 1 rings (SSSR count). The first-order valence-electron chi connectivity index (χ1n) is 5.42. The lowest BCUT2D eigenvalue weighted by molar-refractivity contribution is 0.400. The molecule has 0 aliphatic rings. The predicted molar refractivity (Wildman–Crippen MR) is 60.9 cm³/mol. The summed E-state index contributed by atoms with van der Waals surface area (Å²) in [6, 6.07) is 0.105. The number of aromatic nitrogens is 2. The summed E-state index contributed by atoms with van der Waals surface area (Å²) < 4.78 is 0. The fourth-order valence-electron chi connectivity index (χ4n) is 1.43. The van der Waals surface area contributed by atoms with Gasteiger partial charge in [-0.05, 0) is 19.3 Å². The van der Waals surface area contributed by atoms with Crippen molar-refractivity contribution in [2.24, 2.45) is 11.8 Å². The third-order valence-electron chi connectivity index (χ3n) is 2.69. The van der Waals surface area contributed by atoms with Crippen molar-refractivity contribution in [2.45, 2.75) is 39.7 Å². The minimum absolute atomic E-state index is 0.105. The molecule has 0 spiro atoms. The van der Waals surface area contributed by atoms with Crippen LogP contribution in [0.4, 0.5) is 0 Å². The molecule has 15 heavy (non-hydrogen) atoms. The maximum Gasteiger partial charge on any atom is 0.0769 e. The van der Waals surface area contributed by atoms with E-state index < -0.39 is 0 Å². The first-order chi connectivity index (χ1) is 7.17. The fourth-order valence-corrected chi connectivity index (χ4v) is 1.43. The fraction of sp³-hybridized carbons (Fsp3) is 0.636. The molecule has 4 nitrogen and oxygen atoms in total. The summed E-state index contributed by atoms with van der Waals surface area (Å²) in [6.45, 7) is 6.32. The lowest BCUT2D eigenvalue weighted by Gasteiger charge is -2.18. The van der Waals surface area contributed by atoms with Crippen molar-refractivity contribution in [3.8, 4) is 0 Å². The van der Waals surface area contributed by atoms with Crippen LogP contribution in [-0.4, -0.2) is 9.97 Å². The zero-order chi connectivity index (χ0) is 11.3. The molecule has 4 heteroatoms. The molecule has 0 aromatic carbocycles. The van der Waals surface area contributed by atoms with E-state index in [1.807, 2.05) is 6.92 Å². The van der Waals surface area contributed by atoms with Crippen LogP contribution in [0.15, 0.2) is 12.4 Å². The van der Waals surface area contributed by atoms with E-state index in [-0.39, 0.29) is 6.04 Å². The quantitative estimate of drug-likeness (QED) is 0.571. The molecule has 0 radical (unpaired) electrons. The highest BCUT2D eigenvalue weighted by atomic mass is 15.2. The molecule has 0 aliphatic heterocycles. The van der Waals surface area contributed by atoms with Crippen LogP contribution in [0.2, 0.25) is 0 Å². The second-order valence-electron chi connectivity index (χ2n) is 4.05. The first kappa shape index (κ1) is 12.1. The van der Waals surface area contributed by atoms with Crippen molar-refractivity contribution in [3.63, 3.8) is 0 Å². The van der Waals surface area contributed by atoms with E-state index >= 15 is 0 Å². The van der Waals surface area contributed by atoms with Gasteiger partial charge in [0, 0.05) is 6.20 Å². The normalized spacial score (nSPS) is 14.9. The third kappa shape index (κ3) is 3.57. The summed E-state index contributed by atoms with van der Waals surface area (Å²) in [5, 5.41) is 0. The number of nitrogens with one attached hydrogen (secondary N) is 1. The summed E-state index contributed by atoms with van der Waals surface area (Å²) in [5.41, 5.74) is 4.65. The van der Waals surface area contributed by atoms with E-state index in [4.69, 9.17) is 5.84 Å². The van der Waals surface area contributed by atoms with Gasteiger partial charge in [0.1, 0.15) is 0 Å². The van der Waals surface area contributed by atoms with Crippen LogP contribution in [0.3, 0.4) is 0 Å². The molecule has 84 valence electrons. The van der Waals surface area contributed by atoms with Crippen LogP contribution >= 0.6 is 0 Å². The highest BCUT2D eigenvalue weighted by Crippen LogP contribution is 2.20. The molecule has 0 fully saturated rings. The SMILES string of the molecule is CCC(C)CC(NN)c1cnc(C)cn1. The Labute approximate surface area is 91.3 Å². The molecule has 0 amide bonds.